The highest BCUT2D eigenvalue weighted by Gasteiger charge is 2.35. The van der Waals surface area contributed by atoms with Gasteiger partial charge in [0.2, 0.25) is 0 Å². The number of carbonyl (C=O) groups is 2. The minimum atomic E-state index is -0.294. The average Bonchev–Trinajstić information content (AvgIpc) is 2.64. The number of amides is 2. The van der Waals surface area contributed by atoms with Crippen LogP contribution in [0.5, 0.6) is 0 Å². The molecule has 1 aliphatic heterocycles. The first kappa shape index (κ1) is 12.7. The third-order valence-corrected chi connectivity index (χ3v) is 3.02. The first-order valence-electron chi connectivity index (χ1n) is 6.18. The van der Waals surface area contributed by atoms with Gasteiger partial charge in [-0.25, -0.2) is 0 Å². The van der Waals surface area contributed by atoms with Crippen LogP contribution >= 0.6 is 0 Å². The maximum absolute atomic E-state index is 12.0. The zero-order valence-corrected chi connectivity index (χ0v) is 10.1. The van der Waals surface area contributed by atoms with E-state index < -0.39 is 0 Å². The molecule has 0 spiro atoms. The minimum Gasteiger partial charge on any atom is -0.396 e. The number of aromatic nitrogens is 1. The van der Waals surface area contributed by atoms with Gasteiger partial charge in [0.1, 0.15) is 5.69 Å². The highest BCUT2D eigenvalue weighted by Crippen LogP contribution is 2.20. The average molecular weight is 248 g/mol. The van der Waals surface area contributed by atoms with Crippen molar-refractivity contribution >= 4 is 11.8 Å². The first-order valence-corrected chi connectivity index (χ1v) is 6.18. The second kappa shape index (κ2) is 5.73. The maximum Gasteiger partial charge on any atom is 0.280 e. The van der Waals surface area contributed by atoms with E-state index in [1.54, 1.807) is 12.1 Å². The van der Waals surface area contributed by atoms with E-state index in [-0.39, 0.29) is 24.1 Å². The summed E-state index contributed by atoms with van der Waals surface area (Å²) in [5.74, 6) is -0.539. The third-order valence-electron chi connectivity index (χ3n) is 3.02. The second-order valence-corrected chi connectivity index (χ2v) is 4.30. The number of unbranched alkanes of at least 4 members (excludes halogenated alkanes) is 3. The Hall–Kier alpha value is -1.75. The summed E-state index contributed by atoms with van der Waals surface area (Å²) in [6, 6.07) is 3.29. The fourth-order valence-electron chi connectivity index (χ4n) is 2.05. The largest absolute Gasteiger partial charge is 0.396 e. The Balaban J connectivity index is 1.93. The number of rotatable bonds is 6. The number of hydrogen-bond acceptors (Lipinski definition) is 4. The molecule has 0 aromatic carbocycles. The fraction of sp³-hybridized carbons (Fsp3) is 0.462. The van der Waals surface area contributed by atoms with E-state index in [0.717, 1.165) is 25.7 Å². The van der Waals surface area contributed by atoms with Gasteiger partial charge in [-0.3, -0.25) is 19.5 Å². The van der Waals surface area contributed by atoms with E-state index in [2.05, 4.69) is 4.98 Å². The molecule has 0 radical (unpaired) electrons. The van der Waals surface area contributed by atoms with Crippen LogP contribution < -0.4 is 0 Å². The molecule has 2 heterocycles. The highest BCUT2D eigenvalue weighted by atomic mass is 16.3. The van der Waals surface area contributed by atoms with Gasteiger partial charge < -0.3 is 5.11 Å². The molecule has 0 atom stereocenters. The van der Waals surface area contributed by atoms with Gasteiger partial charge in [0.25, 0.3) is 11.8 Å². The molecule has 0 fully saturated rings. The summed E-state index contributed by atoms with van der Waals surface area (Å²) in [7, 11) is 0. The normalized spacial score (nSPS) is 14.2. The van der Waals surface area contributed by atoms with Gasteiger partial charge in [-0.15, -0.1) is 0 Å². The van der Waals surface area contributed by atoms with Crippen molar-refractivity contribution in [1.29, 1.82) is 0 Å². The lowest BCUT2D eigenvalue weighted by molar-refractivity contribution is 0.0649. The fourth-order valence-corrected chi connectivity index (χ4v) is 2.05. The molecule has 96 valence electrons. The van der Waals surface area contributed by atoms with E-state index in [1.165, 1.54) is 11.1 Å². The lowest BCUT2D eigenvalue weighted by Crippen LogP contribution is -2.30. The van der Waals surface area contributed by atoms with Gasteiger partial charge in [-0.2, -0.15) is 0 Å². The van der Waals surface area contributed by atoms with Crippen LogP contribution in [0.15, 0.2) is 18.3 Å². The predicted octanol–water partition coefficient (Wildman–Crippen LogP) is 1.23. The zero-order chi connectivity index (χ0) is 13.0. The van der Waals surface area contributed by atoms with Crippen molar-refractivity contribution in [3.63, 3.8) is 0 Å². The molecule has 0 bridgehead atoms. The SMILES string of the molecule is O=C1c2cccnc2C(=O)N1CCCCCCO. The van der Waals surface area contributed by atoms with Crippen LogP contribution in [0.25, 0.3) is 0 Å². The molecule has 0 unspecified atom stereocenters. The number of aliphatic hydroxyl groups excluding tert-OH is 1. The van der Waals surface area contributed by atoms with Gasteiger partial charge >= 0.3 is 0 Å². The molecule has 1 aromatic rings. The zero-order valence-electron chi connectivity index (χ0n) is 10.1. The molecule has 0 aliphatic carbocycles. The van der Waals surface area contributed by atoms with Gasteiger partial charge in [0.15, 0.2) is 0 Å². The van der Waals surface area contributed by atoms with Crippen molar-refractivity contribution in [3.05, 3.63) is 29.6 Å². The maximum atomic E-state index is 12.0. The monoisotopic (exact) mass is 248 g/mol. The van der Waals surface area contributed by atoms with Crippen LogP contribution in [-0.4, -0.2) is 40.0 Å². The summed E-state index contributed by atoms with van der Waals surface area (Å²) in [6.45, 7) is 0.621. The summed E-state index contributed by atoms with van der Waals surface area (Å²) >= 11 is 0. The van der Waals surface area contributed by atoms with Crippen molar-refractivity contribution in [2.75, 3.05) is 13.2 Å². The number of fused-ring (bicyclic) bond motifs is 1. The Morgan fingerprint density at radius 1 is 1.11 bits per heavy atom. The number of aliphatic hydroxyl groups is 1. The molecular formula is C13H16N2O3. The van der Waals surface area contributed by atoms with Crippen LogP contribution in [0.3, 0.4) is 0 Å². The number of hydrogen-bond donors (Lipinski definition) is 1. The first-order chi connectivity index (χ1) is 8.75. The number of carbonyl (C=O) groups excluding carboxylic acids is 2. The molecular weight excluding hydrogens is 232 g/mol. The Labute approximate surface area is 105 Å². The molecule has 0 saturated heterocycles. The molecule has 2 rings (SSSR count). The van der Waals surface area contributed by atoms with Crippen molar-refractivity contribution in [3.8, 4) is 0 Å². The summed E-state index contributed by atoms with van der Waals surface area (Å²) < 4.78 is 0. The van der Waals surface area contributed by atoms with Crippen molar-refractivity contribution < 1.29 is 14.7 Å². The van der Waals surface area contributed by atoms with E-state index >= 15 is 0 Å². The Kier molecular flexibility index (Phi) is 4.04. The number of pyridine rings is 1. The van der Waals surface area contributed by atoms with E-state index in [0.29, 0.717) is 12.1 Å². The molecule has 1 N–H and O–H groups in total. The molecule has 18 heavy (non-hydrogen) atoms. The summed E-state index contributed by atoms with van der Waals surface area (Å²) in [6.07, 6.45) is 4.88. The van der Waals surface area contributed by atoms with Crippen LogP contribution in [0.4, 0.5) is 0 Å². The molecule has 5 heteroatoms. The van der Waals surface area contributed by atoms with Crippen LogP contribution in [0.1, 0.15) is 46.5 Å². The summed E-state index contributed by atoms with van der Waals surface area (Å²) in [5, 5.41) is 8.65. The molecule has 1 aliphatic rings. The van der Waals surface area contributed by atoms with Crippen molar-refractivity contribution in [2.24, 2.45) is 0 Å². The van der Waals surface area contributed by atoms with Gasteiger partial charge in [0.05, 0.1) is 5.56 Å². The number of nitrogens with zero attached hydrogens (tertiary/aromatic N) is 2. The highest BCUT2D eigenvalue weighted by molar-refractivity contribution is 6.20. The Morgan fingerprint density at radius 2 is 1.89 bits per heavy atom. The molecule has 0 saturated carbocycles. The lowest BCUT2D eigenvalue weighted by Gasteiger charge is -2.12. The third kappa shape index (κ3) is 2.41. The van der Waals surface area contributed by atoms with E-state index in [1.807, 2.05) is 0 Å². The minimum absolute atomic E-state index is 0.191. The predicted molar refractivity (Wildman–Crippen MR) is 65.2 cm³/mol. The summed E-state index contributed by atoms with van der Waals surface area (Å²) in [4.78, 5) is 29.1. The van der Waals surface area contributed by atoms with Crippen LogP contribution in [-0.2, 0) is 0 Å². The number of imide groups is 1. The van der Waals surface area contributed by atoms with Gasteiger partial charge in [-0.05, 0) is 25.0 Å². The van der Waals surface area contributed by atoms with Gasteiger partial charge in [0, 0.05) is 19.3 Å². The molecule has 1 aromatic heterocycles. The van der Waals surface area contributed by atoms with Gasteiger partial charge in [-0.1, -0.05) is 12.8 Å². The molecule has 2 amide bonds. The second-order valence-electron chi connectivity index (χ2n) is 4.30. The topological polar surface area (TPSA) is 70.5 Å². The quantitative estimate of drug-likeness (QED) is 0.607. The Morgan fingerprint density at radius 3 is 2.61 bits per heavy atom. The van der Waals surface area contributed by atoms with Crippen molar-refractivity contribution in [2.45, 2.75) is 25.7 Å². The standard InChI is InChI=1S/C13H16N2O3/c16-9-4-2-1-3-8-15-12(17)10-6-5-7-14-11(10)13(15)18/h5-7,16H,1-4,8-9H2. The lowest BCUT2D eigenvalue weighted by atomic mass is 10.2. The smallest absolute Gasteiger partial charge is 0.280 e. The van der Waals surface area contributed by atoms with E-state index in [4.69, 9.17) is 5.11 Å². The molecule has 5 nitrogen and oxygen atoms in total. The van der Waals surface area contributed by atoms with E-state index in [9.17, 15) is 9.59 Å². The van der Waals surface area contributed by atoms with Crippen molar-refractivity contribution in [1.82, 2.24) is 9.88 Å². The van der Waals surface area contributed by atoms with Crippen LogP contribution in [0, 0.1) is 0 Å². The summed E-state index contributed by atoms with van der Waals surface area (Å²) in [5.41, 5.74) is 0.663. The van der Waals surface area contributed by atoms with Crippen LogP contribution in [0.2, 0.25) is 0 Å². The Bertz CT molecular complexity index is 424.